The van der Waals surface area contributed by atoms with Crippen LogP contribution >= 0.6 is 23.4 Å². The second-order valence-electron chi connectivity index (χ2n) is 1.05. The van der Waals surface area contributed by atoms with Crippen molar-refractivity contribution in [3.8, 4) is 0 Å². The zero-order valence-corrected chi connectivity index (χ0v) is 5.98. The number of nitrogens with one attached hydrogen (secondary N) is 1. The maximum absolute atomic E-state index is 4.64. The second kappa shape index (κ2) is 6.60. The Bertz CT molecular complexity index is 23.3. The zero-order chi connectivity index (χ0) is 5.54. The zero-order valence-electron chi connectivity index (χ0n) is 4.41. The van der Waals surface area contributed by atoms with Gasteiger partial charge in [-0.15, -0.1) is 23.4 Å². The molecule has 1 rings (SSSR count). The van der Waals surface area contributed by atoms with Crippen molar-refractivity contribution in [1.82, 2.24) is 5.32 Å². The van der Waals surface area contributed by atoms with Crippen molar-refractivity contribution in [2.75, 3.05) is 24.6 Å². The Labute approximate surface area is 53.8 Å². The van der Waals surface area contributed by atoms with E-state index in [-0.39, 0.29) is 0 Å². The third-order valence-corrected chi connectivity index (χ3v) is 1.53. The molecule has 1 aliphatic heterocycles. The van der Waals surface area contributed by atoms with Gasteiger partial charge in [-0.05, 0) is 0 Å². The van der Waals surface area contributed by atoms with Gasteiger partial charge in [-0.25, -0.2) is 0 Å². The van der Waals surface area contributed by atoms with Gasteiger partial charge in [0.25, 0.3) is 0 Å². The number of rotatable bonds is 0. The lowest BCUT2D eigenvalue weighted by molar-refractivity contribution is 0.885. The van der Waals surface area contributed by atoms with Crippen LogP contribution in [-0.4, -0.2) is 24.6 Å². The number of hydrogen-bond donors (Lipinski definition) is 1. The molecule has 1 nitrogen and oxygen atoms in total. The van der Waals surface area contributed by atoms with E-state index < -0.39 is 0 Å². The van der Waals surface area contributed by atoms with Crippen LogP contribution in [0.4, 0.5) is 0 Å². The molecular formula is C4H10ClNS. The molecule has 1 aliphatic rings. The molecule has 7 heavy (non-hydrogen) atoms. The Hall–Kier alpha value is 0.600. The smallest absolute Gasteiger partial charge is 0.0418 e. The molecule has 3 heteroatoms. The molecule has 1 saturated heterocycles. The Morgan fingerprint density at radius 3 is 2.43 bits per heavy atom. The summed E-state index contributed by atoms with van der Waals surface area (Å²) in [6.07, 6.45) is 1.47. The Morgan fingerprint density at radius 2 is 2.29 bits per heavy atom. The highest BCUT2D eigenvalue weighted by atomic mass is 35.5. The summed E-state index contributed by atoms with van der Waals surface area (Å²) in [7, 11) is 0. The average molecular weight is 140 g/mol. The van der Waals surface area contributed by atoms with Crippen molar-refractivity contribution in [2.45, 2.75) is 0 Å². The lowest BCUT2D eigenvalue weighted by Gasteiger charge is -1.74. The number of halogens is 1. The fraction of sp³-hybridized carbons (Fsp3) is 1.00. The topological polar surface area (TPSA) is 12.0 Å². The minimum absolute atomic E-state index is 1.17. The van der Waals surface area contributed by atoms with Crippen molar-refractivity contribution in [3.63, 3.8) is 0 Å². The first-order valence-corrected chi connectivity index (χ1v) is 4.07. The van der Waals surface area contributed by atoms with Gasteiger partial charge >= 0.3 is 0 Å². The summed E-state index contributed by atoms with van der Waals surface area (Å²) < 4.78 is 0. The van der Waals surface area contributed by atoms with Gasteiger partial charge in [0.15, 0.2) is 0 Å². The first kappa shape index (κ1) is 7.60. The van der Waals surface area contributed by atoms with Crippen LogP contribution in [0.1, 0.15) is 0 Å². The maximum Gasteiger partial charge on any atom is 0.0418 e. The fourth-order valence-corrected chi connectivity index (χ4v) is 1.08. The summed E-state index contributed by atoms with van der Waals surface area (Å²) >= 11 is 6.60. The third kappa shape index (κ3) is 4.45. The van der Waals surface area contributed by atoms with Crippen LogP contribution in [0.25, 0.3) is 0 Å². The predicted octanol–water partition coefficient (Wildman–Crippen LogP) is 1.14. The largest absolute Gasteiger partial charge is 0.307 e. The van der Waals surface area contributed by atoms with Crippen molar-refractivity contribution >= 4 is 23.4 Å². The molecule has 0 aromatic rings. The SMILES string of the molecule is C1CSCN1.CCl. The monoisotopic (exact) mass is 139 g/mol. The molecule has 0 spiro atoms. The van der Waals surface area contributed by atoms with Crippen molar-refractivity contribution in [1.29, 1.82) is 0 Å². The molecule has 0 aliphatic carbocycles. The average Bonchev–Trinajstić information content (AvgIpc) is 2.23. The van der Waals surface area contributed by atoms with Crippen LogP contribution in [-0.2, 0) is 0 Å². The molecule has 1 heterocycles. The summed E-state index contributed by atoms with van der Waals surface area (Å²) in [6.45, 7) is 1.21. The van der Waals surface area contributed by atoms with Crippen LogP contribution in [0.3, 0.4) is 0 Å². The highest BCUT2D eigenvalue weighted by Crippen LogP contribution is 1.99. The van der Waals surface area contributed by atoms with E-state index in [1.54, 1.807) is 0 Å². The van der Waals surface area contributed by atoms with E-state index in [2.05, 4.69) is 16.9 Å². The van der Waals surface area contributed by atoms with Gasteiger partial charge in [0, 0.05) is 24.6 Å². The van der Waals surface area contributed by atoms with Gasteiger partial charge in [-0.3, -0.25) is 0 Å². The summed E-state index contributed by atoms with van der Waals surface area (Å²) in [5.41, 5.74) is 0. The van der Waals surface area contributed by atoms with Gasteiger partial charge in [-0.1, -0.05) is 0 Å². The minimum Gasteiger partial charge on any atom is -0.307 e. The van der Waals surface area contributed by atoms with Gasteiger partial charge in [-0.2, -0.15) is 0 Å². The fourth-order valence-electron chi connectivity index (χ4n) is 0.361. The lowest BCUT2D eigenvalue weighted by Crippen LogP contribution is -2.04. The van der Waals surface area contributed by atoms with E-state index in [4.69, 9.17) is 0 Å². The number of hydrogen-bond acceptors (Lipinski definition) is 2. The molecule has 0 bridgehead atoms. The van der Waals surface area contributed by atoms with Crippen molar-refractivity contribution in [3.05, 3.63) is 0 Å². The predicted molar refractivity (Wildman–Crippen MR) is 37.1 cm³/mol. The Balaban J connectivity index is 0.000000162. The summed E-state index contributed by atoms with van der Waals surface area (Å²) in [4.78, 5) is 0. The number of alkyl halides is 1. The molecule has 44 valence electrons. The second-order valence-corrected chi connectivity index (χ2v) is 2.16. The van der Waals surface area contributed by atoms with E-state index in [1.165, 1.54) is 24.6 Å². The molecule has 1 fully saturated rings. The molecule has 0 aromatic heterocycles. The van der Waals surface area contributed by atoms with E-state index in [0.29, 0.717) is 0 Å². The first-order valence-electron chi connectivity index (χ1n) is 2.16. The van der Waals surface area contributed by atoms with Gasteiger partial charge < -0.3 is 5.32 Å². The lowest BCUT2D eigenvalue weighted by atomic mass is 10.8. The van der Waals surface area contributed by atoms with Crippen LogP contribution < -0.4 is 5.32 Å². The van der Waals surface area contributed by atoms with E-state index in [0.717, 1.165) is 0 Å². The molecule has 0 aromatic carbocycles. The molecule has 0 radical (unpaired) electrons. The molecule has 0 unspecified atom stereocenters. The van der Waals surface area contributed by atoms with Gasteiger partial charge in [0.1, 0.15) is 0 Å². The molecule has 0 amide bonds. The van der Waals surface area contributed by atoms with Gasteiger partial charge in [0.2, 0.25) is 0 Å². The Morgan fingerprint density at radius 1 is 1.57 bits per heavy atom. The maximum atomic E-state index is 4.64. The molecule has 1 N–H and O–H groups in total. The molecule has 0 atom stereocenters. The van der Waals surface area contributed by atoms with Gasteiger partial charge in [0.05, 0.1) is 0 Å². The minimum atomic E-state index is 1.17. The summed E-state index contributed by atoms with van der Waals surface area (Å²) in [5.74, 6) is 2.47. The molecular weight excluding hydrogens is 130 g/mol. The van der Waals surface area contributed by atoms with Crippen molar-refractivity contribution in [2.24, 2.45) is 0 Å². The third-order valence-electron chi connectivity index (χ3n) is 0.627. The number of thioether (sulfide) groups is 1. The van der Waals surface area contributed by atoms with E-state index in [9.17, 15) is 0 Å². The summed E-state index contributed by atoms with van der Waals surface area (Å²) in [5, 5.41) is 3.19. The van der Waals surface area contributed by atoms with E-state index in [1.807, 2.05) is 11.8 Å². The van der Waals surface area contributed by atoms with Crippen LogP contribution in [0.15, 0.2) is 0 Å². The van der Waals surface area contributed by atoms with E-state index >= 15 is 0 Å². The normalized spacial score (nSPS) is 18.0. The first-order chi connectivity index (χ1) is 3.50. The van der Waals surface area contributed by atoms with Crippen LogP contribution in [0.5, 0.6) is 0 Å². The quantitative estimate of drug-likeness (QED) is 0.505. The van der Waals surface area contributed by atoms with Crippen molar-refractivity contribution < 1.29 is 0 Å². The molecule has 0 saturated carbocycles. The summed E-state index contributed by atoms with van der Waals surface area (Å²) in [6, 6.07) is 0. The highest BCUT2D eigenvalue weighted by Gasteiger charge is 1.93. The van der Waals surface area contributed by atoms with Crippen LogP contribution in [0, 0.1) is 0 Å². The van der Waals surface area contributed by atoms with Crippen LogP contribution in [0.2, 0.25) is 0 Å². The standard InChI is InChI=1S/C3H7NS.CH3Cl/c1-2-5-3-4-1;1-2/h4H,1-3H2;1H3. The highest BCUT2D eigenvalue weighted by molar-refractivity contribution is 7.99. The Kier molecular flexibility index (Phi) is 7.17.